The van der Waals surface area contributed by atoms with Crippen molar-refractivity contribution in [2.45, 2.75) is 0 Å². The Balaban J connectivity index is 0.829. The average molecular weight is 967 g/mol. The third-order valence-electron chi connectivity index (χ3n) is 16.0. The van der Waals surface area contributed by atoms with Gasteiger partial charge in [-0.05, 0) is 131 Å². The maximum atomic E-state index is 2.48. The van der Waals surface area contributed by atoms with Gasteiger partial charge in [0.2, 0.25) is 0 Å². The molecule has 0 aliphatic rings. The molecule has 0 bridgehead atoms. The first kappa shape index (κ1) is 42.4. The number of nitrogens with zero attached hydrogens (tertiary/aromatic N) is 4. The molecule has 0 saturated heterocycles. The molecule has 0 unspecified atom stereocenters. The van der Waals surface area contributed by atoms with Crippen LogP contribution in [0.3, 0.4) is 0 Å². The predicted octanol–water partition coefficient (Wildman–Crippen LogP) is 19.1. The zero-order chi connectivity index (χ0) is 49.8. The smallest absolute Gasteiger partial charge is 0.0541 e. The number of hydrogen-bond acceptors (Lipinski definition) is 0. The quantitative estimate of drug-likeness (QED) is 0.152. The Labute approximate surface area is 438 Å². The Bertz CT molecular complexity index is 4670. The summed E-state index contributed by atoms with van der Waals surface area (Å²) in [5.41, 5.74) is 21.2. The molecule has 0 atom stereocenters. The van der Waals surface area contributed by atoms with Crippen LogP contribution in [0.1, 0.15) is 0 Å². The molecule has 16 rings (SSSR count). The minimum atomic E-state index is 1.14. The SMILES string of the molecule is c1ccc(-n2c3ccccc3c3cc(-c4ccc5c(c4)c4ccccc4n5-c4ccccc4-c4ccccc4-n4c5ccccc5c5cc(-c6ccc7c(c6)c6ccccc6n7-c6ccccc6)ccc54)ccc32)cc1. The minimum Gasteiger partial charge on any atom is -0.309 e. The second-order valence-electron chi connectivity index (χ2n) is 20.0. The van der Waals surface area contributed by atoms with E-state index in [-0.39, 0.29) is 0 Å². The fraction of sp³-hybridized carbons (Fsp3) is 0. The minimum absolute atomic E-state index is 1.14. The number of aromatic nitrogens is 4. The van der Waals surface area contributed by atoms with E-state index < -0.39 is 0 Å². The Hall–Kier alpha value is -10.2. The fourth-order valence-corrected chi connectivity index (χ4v) is 12.6. The topological polar surface area (TPSA) is 19.7 Å². The maximum absolute atomic E-state index is 2.48. The van der Waals surface area contributed by atoms with Crippen LogP contribution in [-0.2, 0) is 0 Å². The first-order valence-electron chi connectivity index (χ1n) is 26.2. The molecule has 0 aliphatic heterocycles. The first-order valence-corrected chi connectivity index (χ1v) is 26.2. The standard InChI is InChI=1S/C72H46N4/c1-3-19-51(20-4-1)73-63-29-13-9-25-55(63)59-43-47(35-39-69(59)73)49-37-41-71-61(45-49)57-27-11-17-33-67(57)75(71)65-31-15-7-23-53(65)54-24-8-16-32-66(54)76-68-34-18-12-28-58(68)62-46-50(38-42-72(62)76)48-36-40-70-60(44-48)56-26-10-14-30-64(56)74(70)52-21-5-2-6-22-52/h1-46H. The predicted molar refractivity (Wildman–Crippen MR) is 320 cm³/mol. The van der Waals surface area contributed by atoms with Crippen LogP contribution in [-0.4, -0.2) is 18.3 Å². The van der Waals surface area contributed by atoms with Crippen LogP contribution in [0.2, 0.25) is 0 Å². The summed E-state index contributed by atoms with van der Waals surface area (Å²) in [6.07, 6.45) is 0. The Morgan fingerprint density at radius 2 is 0.421 bits per heavy atom. The molecule has 0 N–H and O–H groups in total. The van der Waals surface area contributed by atoms with Crippen molar-refractivity contribution < 1.29 is 0 Å². The lowest BCUT2D eigenvalue weighted by Gasteiger charge is -2.18. The number of fused-ring (bicyclic) bond motifs is 12. The summed E-state index contributed by atoms with van der Waals surface area (Å²) < 4.78 is 9.72. The Kier molecular flexibility index (Phi) is 9.30. The van der Waals surface area contributed by atoms with Crippen molar-refractivity contribution in [1.29, 1.82) is 0 Å². The van der Waals surface area contributed by atoms with E-state index in [0.717, 1.165) is 33.9 Å². The van der Waals surface area contributed by atoms with E-state index in [9.17, 15) is 0 Å². The van der Waals surface area contributed by atoms with Gasteiger partial charge in [0.15, 0.2) is 0 Å². The summed E-state index contributed by atoms with van der Waals surface area (Å²) in [5, 5.41) is 9.90. The molecule has 354 valence electrons. The maximum Gasteiger partial charge on any atom is 0.0541 e. The summed E-state index contributed by atoms with van der Waals surface area (Å²) >= 11 is 0. The number of benzene rings is 12. The van der Waals surface area contributed by atoms with Gasteiger partial charge in [-0.3, -0.25) is 0 Å². The molecule has 4 heteroatoms. The highest BCUT2D eigenvalue weighted by Gasteiger charge is 2.22. The summed E-state index contributed by atoms with van der Waals surface area (Å²) in [6, 6.07) is 103. The number of para-hydroxylation sites is 8. The summed E-state index contributed by atoms with van der Waals surface area (Å²) in [5.74, 6) is 0. The number of hydrogen-bond donors (Lipinski definition) is 0. The largest absolute Gasteiger partial charge is 0.309 e. The van der Waals surface area contributed by atoms with Gasteiger partial charge in [0.1, 0.15) is 0 Å². The van der Waals surface area contributed by atoms with Crippen LogP contribution in [0, 0.1) is 0 Å². The normalized spacial score (nSPS) is 11.9. The molecular weight excluding hydrogens is 921 g/mol. The van der Waals surface area contributed by atoms with Gasteiger partial charge in [0.25, 0.3) is 0 Å². The van der Waals surface area contributed by atoms with Gasteiger partial charge in [-0.1, -0.05) is 170 Å². The zero-order valence-electron chi connectivity index (χ0n) is 41.3. The van der Waals surface area contributed by atoms with Crippen LogP contribution in [0.15, 0.2) is 279 Å². The molecule has 0 fully saturated rings. The van der Waals surface area contributed by atoms with E-state index in [1.165, 1.54) is 109 Å². The second kappa shape index (κ2) is 16.7. The van der Waals surface area contributed by atoms with Crippen LogP contribution >= 0.6 is 0 Å². The lowest BCUT2D eigenvalue weighted by Crippen LogP contribution is -2.01. The van der Waals surface area contributed by atoms with Crippen molar-refractivity contribution in [3.05, 3.63) is 279 Å². The third-order valence-corrected chi connectivity index (χ3v) is 16.0. The number of rotatable bonds is 7. The molecule has 76 heavy (non-hydrogen) atoms. The van der Waals surface area contributed by atoms with Gasteiger partial charge in [-0.25, -0.2) is 0 Å². The van der Waals surface area contributed by atoms with Crippen molar-refractivity contribution in [1.82, 2.24) is 18.3 Å². The van der Waals surface area contributed by atoms with E-state index in [1.807, 2.05) is 0 Å². The summed E-state index contributed by atoms with van der Waals surface area (Å²) in [6.45, 7) is 0. The molecule has 0 spiro atoms. The highest BCUT2D eigenvalue weighted by atomic mass is 15.0. The summed E-state index contributed by atoms with van der Waals surface area (Å²) in [7, 11) is 0. The fourth-order valence-electron chi connectivity index (χ4n) is 12.6. The second-order valence-corrected chi connectivity index (χ2v) is 20.0. The molecule has 0 saturated carbocycles. The van der Waals surface area contributed by atoms with Crippen molar-refractivity contribution in [3.63, 3.8) is 0 Å². The highest BCUT2D eigenvalue weighted by molar-refractivity contribution is 6.15. The van der Waals surface area contributed by atoms with E-state index in [1.54, 1.807) is 0 Å². The zero-order valence-corrected chi connectivity index (χ0v) is 41.3. The van der Waals surface area contributed by atoms with Crippen molar-refractivity contribution in [2.75, 3.05) is 0 Å². The van der Waals surface area contributed by atoms with Crippen LogP contribution in [0.5, 0.6) is 0 Å². The van der Waals surface area contributed by atoms with Crippen LogP contribution < -0.4 is 0 Å². The first-order chi connectivity index (χ1) is 37.7. The van der Waals surface area contributed by atoms with Gasteiger partial charge in [-0.15, -0.1) is 0 Å². The molecule has 0 radical (unpaired) electrons. The molecule has 12 aromatic carbocycles. The molecule has 16 aromatic rings. The summed E-state index contributed by atoms with van der Waals surface area (Å²) in [4.78, 5) is 0. The van der Waals surface area contributed by atoms with Gasteiger partial charge in [0.05, 0.1) is 55.5 Å². The molecule has 0 aliphatic carbocycles. The van der Waals surface area contributed by atoms with Gasteiger partial charge >= 0.3 is 0 Å². The van der Waals surface area contributed by atoms with Crippen molar-refractivity contribution in [2.24, 2.45) is 0 Å². The van der Waals surface area contributed by atoms with Crippen molar-refractivity contribution in [3.8, 4) is 56.1 Å². The lowest BCUT2D eigenvalue weighted by atomic mass is 10.00. The van der Waals surface area contributed by atoms with E-state index in [2.05, 4.69) is 297 Å². The van der Waals surface area contributed by atoms with Crippen LogP contribution in [0.25, 0.3) is 143 Å². The molecule has 4 heterocycles. The monoisotopic (exact) mass is 966 g/mol. The Morgan fingerprint density at radius 1 is 0.171 bits per heavy atom. The average Bonchev–Trinajstić information content (AvgIpc) is 4.22. The lowest BCUT2D eigenvalue weighted by molar-refractivity contribution is 1.16. The van der Waals surface area contributed by atoms with E-state index >= 15 is 0 Å². The highest BCUT2D eigenvalue weighted by Crippen LogP contribution is 2.44. The molecule has 0 amide bonds. The van der Waals surface area contributed by atoms with Gasteiger partial charge in [-0.2, -0.15) is 0 Å². The molecule has 4 aromatic heterocycles. The third kappa shape index (κ3) is 6.31. The van der Waals surface area contributed by atoms with E-state index in [4.69, 9.17) is 0 Å². The van der Waals surface area contributed by atoms with Crippen LogP contribution in [0.4, 0.5) is 0 Å². The molecular formula is C72H46N4. The van der Waals surface area contributed by atoms with Gasteiger partial charge in [0, 0.05) is 65.6 Å². The Morgan fingerprint density at radius 3 is 0.763 bits per heavy atom. The van der Waals surface area contributed by atoms with Crippen molar-refractivity contribution >= 4 is 87.2 Å². The molecule has 4 nitrogen and oxygen atoms in total. The van der Waals surface area contributed by atoms with E-state index in [0.29, 0.717) is 0 Å². The van der Waals surface area contributed by atoms with Gasteiger partial charge < -0.3 is 18.3 Å².